The Morgan fingerprint density at radius 3 is 2.85 bits per heavy atom. The minimum Gasteiger partial charge on any atom is -0.508 e. The van der Waals surface area contributed by atoms with Crippen LogP contribution in [0.4, 0.5) is 4.39 Å². The van der Waals surface area contributed by atoms with Crippen molar-refractivity contribution >= 4 is 5.78 Å². The predicted octanol–water partition coefficient (Wildman–Crippen LogP) is 1.59. The fourth-order valence-corrected chi connectivity index (χ4v) is 1.66. The number of fused-ring (bicyclic) bond motifs is 1. The standard InChI is InChI=1S/C10H9FO2/c11-10-5-8(13)3-6-1-2-7(12)4-9(6)10/h3,5,13H,1-2,4H2. The summed E-state index contributed by atoms with van der Waals surface area (Å²) in [4.78, 5) is 11.0. The van der Waals surface area contributed by atoms with Crippen molar-refractivity contribution in [2.75, 3.05) is 0 Å². The molecule has 1 aromatic carbocycles. The van der Waals surface area contributed by atoms with Gasteiger partial charge in [0.15, 0.2) is 0 Å². The number of hydrogen-bond donors (Lipinski definition) is 1. The van der Waals surface area contributed by atoms with E-state index in [-0.39, 0.29) is 18.0 Å². The van der Waals surface area contributed by atoms with E-state index in [2.05, 4.69) is 0 Å². The van der Waals surface area contributed by atoms with E-state index in [0.29, 0.717) is 18.4 Å². The largest absolute Gasteiger partial charge is 0.508 e. The van der Waals surface area contributed by atoms with E-state index in [1.807, 2.05) is 0 Å². The lowest BCUT2D eigenvalue weighted by atomic mass is 9.90. The molecule has 0 saturated carbocycles. The van der Waals surface area contributed by atoms with E-state index >= 15 is 0 Å². The maximum Gasteiger partial charge on any atom is 0.137 e. The molecule has 0 aromatic heterocycles. The molecule has 0 unspecified atom stereocenters. The maximum atomic E-state index is 13.2. The van der Waals surface area contributed by atoms with Gasteiger partial charge in [0.05, 0.1) is 0 Å². The Kier molecular flexibility index (Phi) is 1.79. The van der Waals surface area contributed by atoms with Crippen molar-refractivity contribution in [3.63, 3.8) is 0 Å². The summed E-state index contributed by atoms with van der Waals surface area (Å²) >= 11 is 0. The molecule has 0 fully saturated rings. The Morgan fingerprint density at radius 2 is 2.08 bits per heavy atom. The van der Waals surface area contributed by atoms with Gasteiger partial charge in [0.1, 0.15) is 17.3 Å². The zero-order chi connectivity index (χ0) is 9.42. The summed E-state index contributed by atoms with van der Waals surface area (Å²) in [5.41, 5.74) is 1.21. The smallest absolute Gasteiger partial charge is 0.137 e. The molecule has 3 heteroatoms. The highest BCUT2D eigenvalue weighted by Gasteiger charge is 2.19. The molecule has 0 bridgehead atoms. The van der Waals surface area contributed by atoms with Gasteiger partial charge in [0, 0.05) is 18.9 Å². The zero-order valence-electron chi connectivity index (χ0n) is 7.01. The Hall–Kier alpha value is -1.38. The van der Waals surface area contributed by atoms with Crippen LogP contribution in [0.15, 0.2) is 12.1 Å². The van der Waals surface area contributed by atoms with Crippen LogP contribution in [0.25, 0.3) is 0 Å². The molecule has 0 spiro atoms. The normalized spacial score (nSPS) is 15.6. The van der Waals surface area contributed by atoms with Gasteiger partial charge >= 0.3 is 0 Å². The Morgan fingerprint density at radius 1 is 1.31 bits per heavy atom. The molecule has 2 nitrogen and oxygen atoms in total. The van der Waals surface area contributed by atoms with Crippen molar-refractivity contribution in [2.24, 2.45) is 0 Å². The van der Waals surface area contributed by atoms with Gasteiger partial charge in [-0.1, -0.05) is 0 Å². The molecule has 0 heterocycles. The highest BCUT2D eigenvalue weighted by Crippen LogP contribution is 2.26. The first-order valence-electron chi connectivity index (χ1n) is 4.19. The van der Waals surface area contributed by atoms with Crippen LogP contribution in [0, 0.1) is 5.82 Å². The van der Waals surface area contributed by atoms with Crippen molar-refractivity contribution in [3.8, 4) is 5.75 Å². The second-order valence-corrected chi connectivity index (χ2v) is 3.28. The number of halogens is 1. The van der Waals surface area contributed by atoms with Crippen LogP contribution in [0.5, 0.6) is 5.75 Å². The van der Waals surface area contributed by atoms with E-state index in [0.717, 1.165) is 11.6 Å². The summed E-state index contributed by atoms with van der Waals surface area (Å²) in [6, 6.07) is 2.59. The lowest BCUT2D eigenvalue weighted by Gasteiger charge is -2.15. The van der Waals surface area contributed by atoms with Gasteiger partial charge in [-0.05, 0) is 23.6 Å². The van der Waals surface area contributed by atoms with Crippen LogP contribution in [0.3, 0.4) is 0 Å². The number of Topliss-reactive ketones (excluding diaryl/α,β-unsaturated/α-hetero) is 1. The van der Waals surface area contributed by atoms with E-state index < -0.39 is 5.82 Å². The first-order chi connectivity index (χ1) is 6.16. The molecule has 68 valence electrons. The summed E-state index contributed by atoms with van der Waals surface area (Å²) in [6.45, 7) is 0. The maximum absolute atomic E-state index is 13.2. The molecule has 0 radical (unpaired) electrons. The van der Waals surface area contributed by atoms with E-state index in [4.69, 9.17) is 5.11 Å². The highest BCUT2D eigenvalue weighted by atomic mass is 19.1. The first kappa shape index (κ1) is 8.23. The minimum atomic E-state index is -0.469. The van der Waals surface area contributed by atoms with Crippen LogP contribution in [-0.4, -0.2) is 10.9 Å². The van der Waals surface area contributed by atoms with Crippen molar-refractivity contribution in [1.82, 2.24) is 0 Å². The van der Waals surface area contributed by atoms with E-state index in [1.54, 1.807) is 0 Å². The summed E-state index contributed by atoms with van der Waals surface area (Å²) < 4.78 is 13.2. The van der Waals surface area contributed by atoms with Crippen LogP contribution in [0.2, 0.25) is 0 Å². The fourth-order valence-electron chi connectivity index (χ4n) is 1.66. The topological polar surface area (TPSA) is 37.3 Å². The average molecular weight is 180 g/mol. The van der Waals surface area contributed by atoms with E-state index in [1.165, 1.54) is 6.07 Å². The minimum absolute atomic E-state index is 0.0643. The molecule has 0 saturated heterocycles. The third-order valence-electron chi connectivity index (χ3n) is 2.32. The number of carbonyl (C=O) groups is 1. The summed E-state index contributed by atoms with van der Waals surface area (Å²) in [7, 11) is 0. The van der Waals surface area contributed by atoms with Gasteiger partial charge in [0.2, 0.25) is 0 Å². The first-order valence-corrected chi connectivity index (χ1v) is 4.19. The van der Waals surface area contributed by atoms with Crippen molar-refractivity contribution in [1.29, 1.82) is 0 Å². The number of ketones is 1. The lowest BCUT2D eigenvalue weighted by Crippen LogP contribution is -2.14. The predicted molar refractivity (Wildman–Crippen MR) is 45.1 cm³/mol. The SMILES string of the molecule is O=C1CCc2cc(O)cc(F)c2C1. The molecule has 1 N–H and O–H groups in total. The number of hydrogen-bond acceptors (Lipinski definition) is 2. The molecular weight excluding hydrogens is 171 g/mol. The van der Waals surface area contributed by atoms with Crippen LogP contribution in [0.1, 0.15) is 17.5 Å². The third kappa shape index (κ3) is 1.41. The molecule has 0 aliphatic heterocycles. The van der Waals surface area contributed by atoms with Crippen LogP contribution < -0.4 is 0 Å². The number of aromatic hydroxyl groups is 1. The molecule has 1 aliphatic carbocycles. The average Bonchev–Trinajstić information content (AvgIpc) is 2.06. The van der Waals surface area contributed by atoms with Gasteiger partial charge < -0.3 is 5.11 Å². The Bertz CT molecular complexity index is 371. The van der Waals surface area contributed by atoms with E-state index in [9.17, 15) is 9.18 Å². The van der Waals surface area contributed by atoms with Gasteiger partial charge in [-0.15, -0.1) is 0 Å². The second kappa shape index (κ2) is 2.83. The Labute approximate surface area is 75.0 Å². The molecule has 1 aromatic rings. The van der Waals surface area contributed by atoms with Gasteiger partial charge in [-0.3, -0.25) is 4.79 Å². The molecule has 13 heavy (non-hydrogen) atoms. The van der Waals surface area contributed by atoms with Gasteiger partial charge in [0.25, 0.3) is 0 Å². The third-order valence-corrected chi connectivity index (χ3v) is 2.32. The van der Waals surface area contributed by atoms with Crippen molar-refractivity contribution in [2.45, 2.75) is 19.3 Å². The quantitative estimate of drug-likeness (QED) is 0.658. The summed E-state index contributed by atoms with van der Waals surface area (Å²) in [5.74, 6) is -0.467. The summed E-state index contributed by atoms with van der Waals surface area (Å²) in [5, 5.41) is 9.11. The number of aryl methyl sites for hydroxylation is 1. The number of phenols is 1. The van der Waals surface area contributed by atoms with Crippen LogP contribution >= 0.6 is 0 Å². The van der Waals surface area contributed by atoms with Crippen molar-refractivity contribution in [3.05, 3.63) is 29.1 Å². The molecule has 0 amide bonds. The van der Waals surface area contributed by atoms with Crippen molar-refractivity contribution < 1.29 is 14.3 Å². The molecular formula is C10H9FO2. The fraction of sp³-hybridized carbons (Fsp3) is 0.300. The number of benzene rings is 1. The molecule has 0 atom stereocenters. The monoisotopic (exact) mass is 180 g/mol. The Balaban J connectivity index is 2.53. The van der Waals surface area contributed by atoms with Gasteiger partial charge in [-0.2, -0.15) is 0 Å². The van der Waals surface area contributed by atoms with Gasteiger partial charge in [-0.25, -0.2) is 4.39 Å². The number of rotatable bonds is 0. The molecule has 1 aliphatic rings. The second-order valence-electron chi connectivity index (χ2n) is 3.28. The highest BCUT2D eigenvalue weighted by molar-refractivity contribution is 5.83. The number of carbonyl (C=O) groups excluding carboxylic acids is 1. The zero-order valence-corrected chi connectivity index (χ0v) is 7.01. The molecule has 2 rings (SSSR count). The summed E-state index contributed by atoms with van der Waals surface area (Å²) in [6.07, 6.45) is 1.16. The van der Waals surface area contributed by atoms with Crippen LogP contribution in [-0.2, 0) is 17.6 Å². The lowest BCUT2D eigenvalue weighted by molar-refractivity contribution is -0.118. The number of phenolic OH excluding ortho intramolecular Hbond substituents is 1.